The standard InChI is InChI=1S/C20H13Cl2F3O4S/c21-15-9-16(22)19(26)18(10-15)30(27,28)11-14-8-13(12-4-2-1-3-5-12)6-7-17(14)29-20(23,24)25/h1-10,26H,11H2. The van der Waals surface area contributed by atoms with Crippen LogP contribution in [0.25, 0.3) is 11.1 Å². The average Bonchev–Trinajstić information content (AvgIpc) is 2.65. The Labute approximate surface area is 180 Å². The van der Waals surface area contributed by atoms with Crippen LogP contribution in [0.3, 0.4) is 0 Å². The van der Waals surface area contributed by atoms with E-state index in [1.54, 1.807) is 30.3 Å². The Balaban J connectivity index is 2.10. The Morgan fingerprint density at radius 3 is 2.23 bits per heavy atom. The highest BCUT2D eigenvalue weighted by Gasteiger charge is 2.33. The maximum atomic E-state index is 12.9. The third kappa shape index (κ3) is 5.19. The zero-order valence-corrected chi connectivity index (χ0v) is 17.3. The zero-order valence-electron chi connectivity index (χ0n) is 15.0. The summed E-state index contributed by atoms with van der Waals surface area (Å²) in [4.78, 5) is -0.594. The molecule has 0 spiro atoms. The van der Waals surface area contributed by atoms with Crippen molar-refractivity contribution in [3.63, 3.8) is 0 Å². The molecule has 0 unspecified atom stereocenters. The van der Waals surface area contributed by atoms with Crippen LogP contribution < -0.4 is 4.74 Å². The lowest BCUT2D eigenvalue weighted by Gasteiger charge is -2.16. The fraction of sp³-hybridized carbons (Fsp3) is 0.100. The second kappa shape index (κ2) is 8.37. The van der Waals surface area contributed by atoms with Gasteiger partial charge in [-0.1, -0.05) is 59.6 Å². The molecule has 158 valence electrons. The van der Waals surface area contributed by atoms with Crippen molar-refractivity contribution in [1.29, 1.82) is 0 Å². The van der Waals surface area contributed by atoms with Gasteiger partial charge in [-0.2, -0.15) is 0 Å². The first kappa shape index (κ1) is 22.3. The zero-order chi connectivity index (χ0) is 22.1. The number of rotatable bonds is 5. The molecule has 0 aliphatic heterocycles. The van der Waals surface area contributed by atoms with E-state index in [4.69, 9.17) is 23.2 Å². The highest BCUT2D eigenvalue weighted by molar-refractivity contribution is 7.90. The molecule has 30 heavy (non-hydrogen) atoms. The van der Waals surface area contributed by atoms with Gasteiger partial charge in [0.1, 0.15) is 10.6 Å². The summed E-state index contributed by atoms with van der Waals surface area (Å²) in [5, 5.41) is 9.69. The number of phenols is 1. The van der Waals surface area contributed by atoms with Gasteiger partial charge < -0.3 is 9.84 Å². The smallest absolute Gasteiger partial charge is 0.505 e. The molecule has 0 saturated heterocycles. The van der Waals surface area contributed by atoms with Crippen molar-refractivity contribution < 1.29 is 31.4 Å². The van der Waals surface area contributed by atoms with E-state index in [1.807, 2.05) is 0 Å². The van der Waals surface area contributed by atoms with Crippen molar-refractivity contribution in [3.8, 4) is 22.6 Å². The first-order valence-corrected chi connectivity index (χ1v) is 10.7. The van der Waals surface area contributed by atoms with Crippen LogP contribution in [-0.4, -0.2) is 19.9 Å². The number of halogens is 5. The Hall–Kier alpha value is -2.42. The summed E-state index contributed by atoms with van der Waals surface area (Å²) in [6, 6.07) is 14.5. The molecular formula is C20H13Cl2F3O4S. The molecule has 3 aromatic carbocycles. The number of hydrogen-bond acceptors (Lipinski definition) is 4. The Morgan fingerprint density at radius 2 is 1.60 bits per heavy atom. The van der Waals surface area contributed by atoms with E-state index in [1.165, 1.54) is 12.1 Å². The van der Waals surface area contributed by atoms with Gasteiger partial charge in [0.15, 0.2) is 15.6 Å². The lowest BCUT2D eigenvalue weighted by Crippen LogP contribution is -2.19. The minimum absolute atomic E-state index is 0.0545. The SMILES string of the molecule is O=S(=O)(Cc1cc(-c2ccccc2)ccc1OC(F)(F)F)c1cc(Cl)cc(Cl)c1O. The number of ether oxygens (including phenoxy) is 1. The number of aromatic hydroxyl groups is 1. The molecule has 3 aromatic rings. The average molecular weight is 477 g/mol. The lowest BCUT2D eigenvalue weighted by atomic mass is 10.0. The van der Waals surface area contributed by atoms with Crippen molar-refractivity contribution in [2.75, 3.05) is 0 Å². The quantitative estimate of drug-likeness (QED) is 0.473. The van der Waals surface area contributed by atoms with E-state index < -0.39 is 38.3 Å². The molecule has 0 aliphatic carbocycles. The fourth-order valence-electron chi connectivity index (χ4n) is 2.79. The van der Waals surface area contributed by atoms with Gasteiger partial charge in [0, 0.05) is 10.6 Å². The van der Waals surface area contributed by atoms with E-state index in [9.17, 15) is 26.7 Å². The molecule has 10 heteroatoms. The predicted molar refractivity (Wildman–Crippen MR) is 108 cm³/mol. The number of alkyl halides is 3. The van der Waals surface area contributed by atoms with Gasteiger partial charge in [-0.3, -0.25) is 0 Å². The lowest BCUT2D eigenvalue weighted by molar-refractivity contribution is -0.274. The van der Waals surface area contributed by atoms with Crippen LogP contribution in [0.4, 0.5) is 13.2 Å². The van der Waals surface area contributed by atoms with Gasteiger partial charge in [-0.25, -0.2) is 8.42 Å². The van der Waals surface area contributed by atoms with Crippen molar-refractivity contribution >= 4 is 33.0 Å². The van der Waals surface area contributed by atoms with E-state index in [-0.39, 0.29) is 15.6 Å². The predicted octanol–water partition coefficient (Wildman–Crippen LogP) is 6.24. The third-order valence-corrected chi connectivity index (χ3v) is 6.25. The Morgan fingerprint density at radius 1 is 0.933 bits per heavy atom. The second-order valence-electron chi connectivity index (χ2n) is 6.23. The third-order valence-electron chi connectivity index (χ3n) is 4.07. The molecule has 1 N–H and O–H groups in total. The molecule has 0 fully saturated rings. The van der Waals surface area contributed by atoms with Crippen molar-refractivity contribution in [3.05, 3.63) is 76.3 Å². The summed E-state index contributed by atoms with van der Waals surface area (Å²) in [6.45, 7) is 0. The minimum atomic E-state index is -5.02. The molecule has 0 heterocycles. The second-order valence-corrected chi connectivity index (χ2v) is 9.03. The first-order chi connectivity index (χ1) is 14.0. The molecule has 0 aliphatic rings. The Kier molecular flexibility index (Phi) is 6.21. The maximum absolute atomic E-state index is 12.9. The van der Waals surface area contributed by atoms with Crippen LogP contribution in [0.1, 0.15) is 5.56 Å². The van der Waals surface area contributed by atoms with Crippen LogP contribution in [0, 0.1) is 0 Å². The first-order valence-electron chi connectivity index (χ1n) is 8.31. The molecule has 0 saturated carbocycles. The topological polar surface area (TPSA) is 63.6 Å². The summed E-state index contributed by atoms with van der Waals surface area (Å²) in [6.07, 6.45) is -5.02. The van der Waals surface area contributed by atoms with Crippen LogP contribution in [0.5, 0.6) is 11.5 Å². The van der Waals surface area contributed by atoms with Crippen LogP contribution in [-0.2, 0) is 15.6 Å². The van der Waals surface area contributed by atoms with E-state index in [0.29, 0.717) is 11.1 Å². The number of sulfone groups is 1. The summed E-state index contributed by atoms with van der Waals surface area (Å²) in [7, 11) is -4.33. The van der Waals surface area contributed by atoms with Crippen LogP contribution in [0.2, 0.25) is 10.0 Å². The molecule has 0 aromatic heterocycles. The molecule has 4 nitrogen and oxygen atoms in total. The molecule has 0 bridgehead atoms. The minimum Gasteiger partial charge on any atom is -0.505 e. The highest BCUT2D eigenvalue weighted by atomic mass is 35.5. The summed E-state index contributed by atoms with van der Waals surface area (Å²) < 4.78 is 68.2. The molecule has 3 rings (SSSR count). The normalized spacial score (nSPS) is 12.0. The van der Waals surface area contributed by atoms with Crippen molar-refractivity contribution in [2.24, 2.45) is 0 Å². The van der Waals surface area contributed by atoms with Gasteiger partial charge >= 0.3 is 6.36 Å². The highest BCUT2D eigenvalue weighted by Crippen LogP contribution is 2.38. The van der Waals surface area contributed by atoms with Gasteiger partial charge in [0.05, 0.1) is 10.8 Å². The monoisotopic (exact) mass is 476 g/mol. The summed E-state index contributed by atoms with van der Waals surface area (Å²) in [5.74, 6) is -2.29. The van der Waals surface area contributed by atoms with Gasteiger partial charge in [0.2, 0.25) is 0 Å². The summed E-state index contributed by atoms with van der Waals surface area (Å²) in [5.41, 5.74) is 0.913. The number of benzene rings is 3. The Bertz CT molecular complexity index is 1180. The molecule has 0 amide bonds. The van der Waals surface area contributed by atoms with Crippen LogP contribution in [0.15, 0.2) is 65.6 Å². The van der Waals surface area contributed by atoms with Gasteiger partial charge in [0.25, 0.3) is 0 Å². The van der Waals surface area contributed by atoms with Crippen LogP contribution >= 0.6 is 23.2 Å². The van der Waals surface area contributed by atoms with Crippen molar-refractivity contribution in [2.45, 2.75) is 17.0 Å². The fourth-order valence-corrected chi connectivity index (χ4v) is 4.90. The molecule has 0 atom stereocenters. The van der Waals surface area contributed by atoms with Crippen molar-refractivity contribution in [1.82, 2.24) is 0 Å². The van der Waals surface area contributed by atoms with Gasteiger partial charge in [-0.05, 0) is 35.4 Å². The molecular weight excluding hydrogens is 464 g/mol. The number of phenolic OH excluding ortho intramolecular Hbond substituents is 1. The molecule has 0 radical (unpaired) electrons. The number of hydrogen-bond donors (Lipinski definition) is 1. The summed E-state index contributed by atoms with van der Waals surface area (Å²) >= 11 is 11.6. The maximum Gasteiger partial charge on any atom is 0.573 e. The van der Waals surface area contributed by atoms with E-state index >= 15 is 0 Å². The van der Waals surface area contributed by atoms with E-state index in [2.05, 4.69) is 4.74 Å². The van der Waals surface area contributed by atoms with Gasteiger partial charge in [-0.15, -0.1) is 13.2 Å². The van der Waals surface area contributed by atoms with E-state index in [0.717, 1.165) is 18.2 Å². The largest absolute Gasteiger partial charge is 0.573 e.